The van der Waals surface area contributed by atoms with Crippen LogP contribution in [-0.4, -0.2) is 24.3 Å². The van der Waals surface area contributed by atoms with Crippen LogP contribution in [0.1, 0.15) is 11.4 Å². The van der Waals surface area contributed by atoms with E-state index >= 15 is 0 Å². The Morgan fingerprint density at radius 1 is 1.41 bits per heavy atom. The van der Waals surface area contributed by atoms with E-state index in [0.29, 0.717) is 12.3 Å². The molecule has 0 aliphatic carbocycles. The van der Waals surface area contributed by atoms with Gasteiger partial charge in [0.15, 0.2) is 0 Å². The predicted molar refractivity (Wildman–Crippen MR) is 62.6 cm³/mol. The Hall–Kier alpha value is -2.28. The lowest BCUT2D eigenvalue weighted by Gasteiger charge is -1.93. The normalized spacial score (nSPS) is 11.4. The highest BCUT2D eigenvalue weighted by molar-refractivity contribution is 5.59. The van der Waals surface area contributed by atoms with E-state index in [1.54, 1.807) is 6.20 Å². The molecule has 0 bridgehead atoms. The van der Waals surface area contributed by atoms with E-state index in [-0.39, 0.29) is 5.69 Å². The number of imidazole rings is 3. The predicted octanol–water partition coefficient (Wildman–Crippen LogP) is 0.113. The SMILES string of the molecule is Cc1[nH]c(=O)[nH]c1-c1cn2c(CN)cnc2[nH]1. The highest BCUT2D eigenvalue weighted by Crippen LogP contribution is 2.18. The molecule has 0 amide bonds. The number of nitrogens with two attached hydrogens (primary N) is 1. The number of hydrogen-bond donors (Lipinski definition) is 4. The number of aromatic nitrogens is 5. The molecular weight excluding hydrogens is 220 g/mol. The van der Waals surface area contributed by atoms with Gasteiger partial charge in [0.25, 0.3) is 0 Å². The molecule has 88 valence electrons. The molecule has 0 saturated heterocycles. The number of rotatable bonds is 2. The molecular formula is C10H12N6O. The van der Waals surface area contributed by atoms with Gasteiger partial charge in [0, 0.05) is 18.4 Å². The van der Waals surface area contributed by atoms with E-state index < -0.39 is 0 Å². The first kappa shape index (κ1) is 9.91. The van der Waals surface area contributed by atoms with Crippen molar-refractivity contribution >= 4 is 5.78 Å². The van der Waals surface area contributed by atoms with E-state index in [0.717, 1.165) is 22.8 Å². The van der Waals surface area contributed by atoms with Crippen molar-refractivity contribution in [3.63, 3.8) is 0 Å². The van der Waals surface area contributed by atoms with Crippen LogP contribution >= 0.6 is 0 Å². The summed E-state index contributed by atoms with van der Waals surface area (Å²) in [4.78, 5) is 23.9. The molecule has 0 unspecified atom stereocenters. The van der Waals surface area contributed by atoms with Gasteiger partial charge in [-0.1, -0.05) is 0 Å². The summed E-state index contributed by atoms with van der Waals surface area (Å²) in [5.41, 5.74) is 8.63. The fourth-order valence-electron chi connectivity index (χ4n) is 1.93. The van der Waals surface area contributed by atoms with Crippen LogP contribution in [0.5, 0.6) is 0 Å². The van der Waals surface area contributed by atoms with E-state index in [4.69, 9.17) is 5.73 Å². The van der Waals surface area contributed by atoms with Gasteiger partial charge in [0.2, 0.25) is 5.78 Å². The average molecular weight is 232 g/mol. The molecule has 3 heterocycles. The molecule has 0 aromatic carbocycles. The first-order valence-corrected chi connectivity index (χ1v) is 5.23. The van der Waals surface area contributed by atoms with E-state index in [9.17, 15) is 4.79 Å². The van der Waals surface area contributed by atoms with Crippen molar-refractivity contribution in [2.24, 2.45) is 5.73 Å². The fraction of sp³-hybridized carbons (Fsp3) is 0.200. The van der Waals surface area contributed by atoms with Crippen LogP contribution in [-0.2, 0) is 6.54 Å². The number of fused-ring (bicyclic) bond motifs is 1. The number of nitrogens with one attached hydrogen (secondary N) is 3. The number of hydrogen-bond acceptors (Lipinski definition) is 3. The molecule has 0 saturated carbocycles. The Balaban J connectivity index is 2.21. The molecule has 5 N–H and O–H groups in total. The maximum Gasteiger partial charge on any atom is 0.323 e. The molecule has 3 aromatic rings. The van der Waals surface area contributed by atoms with Crippen molar-refractivity contribution in [3.8, 4) is 11.4 Å². The van der Waals surface area contributed by atoms with Crippen LogP contribution in [0.3, 0.4) is 0 Å². The van der Waals surface area contributed by atoms with Gasteiger partial charge < -0.3 is 20.7 Å². The number of nitrogens with zero attached hydrogens (tertiary/aromatic N) is 2. The monoisotopic (exact) mass is 232 g/mol. The summed E-state index contributed by atoms with van der Waals surface area (Å²) < 4.78 is 1.88. The molecule has 0 fully saturated rings. The minimum absolute atomic E-state index is 0.219. The topological polar surface area (TPSA) is 108 Å². The van der Waals surface area contributed by atoms with Gasteiger partial charge in [0.1, 0.15) is 0 Å². The quantitative estimate of drug-likeness (QED) is 0.503. The van der Waals surface area contributed by atoms with Gasteiger partial charge in [-0.05, 0) is 6.92 Å². The zero-order valence-corrected chi connectivity index (χ0v) is 9.24. The second-order valence-corrected chi connectivity index (χ2v) is 3.89. The molecule has 7 heteroatoms. The van der Waals surface area contributed by atoms with Crippen LogP contribution in [0.25, 0.3) is 17.2 Å². The zero-order chi connectivity index (χ0) is 12.0. The van der Waals surface area contributed by atoms with Gasteiger partial charge in [-0.2, -0.15) is 0 Å². The Kier molecular flexibility index (Phi) is 1.96. The van der Waals surface area contributed by atoms with Crippen LogP contribution in [0, 0.1) is 6.92 Å². The first-order valence-electron chi connectivity index (χ1n) is 5.23. The molecule has 7 nitrogen and oxygen atoms in total. The third-order valence-electron chi connectivity index (χ3n) is 2.77. The van der Waals surface area contributed by atoms with Crippen molar-refractivity contribution < 1.29 is 0 Å². The first-order chi connectivity index (χ1) is 8.19. The van der Waals surface area contributed by atoms with Gasteiger partial charge in [0.05, 0.1) is 23.3 Å². The van der Waals surface area contributed by atoms with Gasteiger partial charge in [-0.15, -0.1) is 0 Å². The van der Waals surface area contributed by atoms with Gasteiger partial charge >= 0.3 is 5.69 Å². The van der Waals surface area contributed by atoms with Crippen molar-refractivity contribution in [1.82, 2.24) is 24.3 Å². The number of H-pyrrole nitrogens is 3. The van der Waals surface area contributed by atoms with Crippen molar-refractivity contribution in [3.05, 3.63) is 34.3 Å². The van der Waals surface area contributed by atoms with E-state index in [2.05, 4.69) is 19.9 Å². The van der Waals surface area contributed by atoms with Crippen molar-refractivity contribution in [1.29, 1.82) is 0 Å². The van der Waals surface area contributed by atoms with Gasteiger partial charge in [-0.3, -0.25) is 4.40 Å². The lowest BCUT2D eigenvalue weighted by atomic mass is 10.3. The average Bonchev–Trinajstić information content (AvgIpc) is 2.91. The summed E-state index contributed by atoms with van der Waals surface area (Å²) >= 11 is 0. The third kappa shape index (κ3) is 1.40. The molecule has 17 heavy (non-hydrogen) atoms. The second-order valence-electron chi connectivity index (χ2n) is 3.89. The molecule has 0 aliphatic heterocycles. The largest absolute Gasteiger partial charge is 0.325 e. The fourth-order valence-corrected chi connectivity index (χ4v) is 1.93. The summed E-state index contributed by atoms with van der Waals surface area (Å²) in [6, 6.07) is 0. The van der Waals surface area contributed by atoms with Crippen molar-refractivity contribution in [2.45, 2.75) is 13.5 Å². The minimum atomic E-state index is -0.219. The smallest absolute Gasteiger partial charge is 0.323 e. The summed E-state index contributed by atoms with van der Waals surface area (Å²) in [5.74, 6) is 0.710. The van der Waals surface area contributed by atoms with E-state index in [1.807, 2.05) is 17.5 Å². The second kappa shape index (κ2) is 3.36. The lowest BCUT2D eigenvalue weighted by Crippen LogP contribution is -2.00. The number of aromatic amines is 3. The highest BCUT2D eigenvalue weighted by Gasteiger charge is 2.11. The molecule has 0 radical (unpaired) electrons. The molecule has 3 rings (SSSR count). The zero-order valence-electron chi connectivity index (χ0n) is 9.24. The number of aryl methyl sites for hydroxylation is 1. The molecule has 0 aliphatic rings. The molecule has 0 atom stereocenters. The summed E-state index contributed by atoms with van der Waals surface area (Å²) in [6.45, 7) is 2.25. The third-order valence-corrected chi connectivity index (χ3v) is 2.77. The lowest BCUT2D eigenvalue weighted by molar-refractivity contribution is 0.965. The van der Waals surface area contributed by atoms with Crippen LogP contribution < -0.4 is 11.4 Å². The highest BCUT2D eigenvalue weighted by atomic mass is 16.1. The van der Waals surface area contributed by atoms with Gasteiger partial charge in [-0.25, -0.2) is 9.78 Å². The molecule has 0 spiro atoms. The van der Waals surface area contributed by atoms with Crippen LogP contribution in [0.15, 0.2) is 17.2 Å². The van der Waals surface area contributed by atoms with Crippen LogP contribution in [0.4, 0.5) is 0 Å². The summed E-state index contributed by atoms with van der Waals surface area (Å²) in [7, 11) is 0. The maximum atomic E-state index is 11.2. The Morgan fingerprint density at radius 3 is 2.88 bits per heavy atom. The Morgan fingerprint density at radius 2 is 2.24 bits per heavy atom. The molecule has 3 aromatic heterocycles. The minimum Gasteiger partial charge on any atom is -0.325 e. The standard InChI is InChI=1S/C10H12N6O/c1-5-8(15-10(17)13-5)7-4-16-6(2-11)3-12-9(16)14-7/h3-4H,2,11H2,1H3,(H,12,14)(H2,13,15,17). The summed E-state index contributed by atoms with van der Waals surface area (Å²) in [5, 5.41) is 0. The van der Waals surface area contributed by atoms with Crippen molar-refractivity contribution in [2.75, 3.05) is 0 Å². The van der Waals surface area contributed by atoms with Crippen LogP contribution in [0.2, 0.25) is 0 Å². The Bertz CT molecular complexity index is 727. The summed E-state index contributed by atoms with van der Waals surface area (Å²) in [6.07, 6.45) is 3.60. The van der Waals surface area contributed by atoms with E-state index in [1.165, 1.54) is 0 Å². The Labute approximate surface area is 95.7 Å². The maximum absolute atomic E-state index is 11.2.